The van der Waals surface area contributed by atoms with E-state index in [4.69, 9.17) is 0 Å². The molecule has 0 bridgehead atoms. The van der Waals surface area contributed by atoms with E-state index in [0.717, 1.165) is 49.4 Å². The second kappa shape index (κ2) is 5.93. The molecule has 0 unspecified atom stereocenters. The van der Waals surface area contributed by atoms with Crippen molar-refractivity contribution in [3.63, 3.8) is 0 Å². The summed E-state index contributed by atoms with van der Waals surface area (Å²) < 4.78 is 1.67. The summed E-state index contributed by atoms with van der Waals surface area (Å²) in [5.41, 5.74) is 3.52. The number of hydrogen-bond acceptors (Lipinski definition) is 5. The van der Waals surface area contributed by atoms with Crippen molar-refractivity contribution in [3.8, 4) is 0 Å². The quantitative estimate of drug-likeness (QED) is 0.853. The Morgan fingerprint density at radius 3 is 2.76 bits per heavy atom. The molecule has 25 heavy (non-hydrogen) atoms. The van der Waals surface area contributed by atoms with E-state index in [9.17, 15) is 4.79 Å². The predicted octanol–water partition coefficient (Wildman–Crippen LogP) is 1.93. The molecule has 2 fully saturated rings. The number of aryl methyl sites for hydroxylation is 2. The average Bonchev–Trinajstić information content (AvgIpc) is 2.96. The lowest BCUT2D eigenvalue weighted by Crippen LogP contribution is -2.50. The van der Waals surface area contributed by atoms with Crippen molar-refractivity contribution in [1.82, 2.24) is 19.7 Å². The molecule has 3 heterocycles. The zero-order valence-electron chi connectivity index (χ0n) is 14.4. The molecular formula is C19H23N5O. The third kappa shape index (κ3) is 2.73. The Morgan fingerprint density at radius 2 is 1.96 bits per heavy atom. The highest BCUT2D eigenvalue weighted by atomic mass is 16.1. The van der Waals surface area contributed by atoms with E-state index >= 15 is 0 Å². The van der Waals surface area contributed by atoms with Gasteiger partial charge >= 0.3 is 0 Å². The molecule has 0 spiro atoms. The maximum absolute atomic E-state index is 12.2. The highest BCUT2D eigenvalue weighted by Gasteiger charge is 2.30. The Kier molecular flexibility index (Phi) is 3.57. The van der Waals surface area contributed by atoms with Crippen LogP contribution in [0.15, 0.2) is 23.3 Å². The molecule has 0 aromatic carbocycles. The normalized spacial score (nSPS) is 20.2. The summed E-state index contributed by atoms with van der Waals surface area (Å²) in [7, 11) is 0. The average molecular weight is 337 g/mol. The predicted molar refractivity (Wildman–Crippen MR) is 94.8 cm³/mol. The van der Waals surface area contributed by atoms with Crippen LogP contribution < -0.4 is 10.5 Å². The van der Waals surface area contributed by atoms with Crippen LogP contribution in [-0.4, -0.2) is 32.8 Å². The lowest BCUT2D eigenvalue weighted by molar-refractivity contribution is 0.331. The fourth-order valence-electron chi connectivity index (χ4n) is 4.15. The van der Waals surface area contributed by atoms with E-state index in [0.29, 0.717) is 18.4 Å². The third-order valence-corrected chi connectivity index (χ3v) is 5.93. The number of nitrogens with zero attached hydrogens (tertiary/aromatic N) is 5. The van der Waals surface area contributed by atoms with Gasteiger partial charge in [-0.05, 0) is 37.7 Å². The van der Waals surface area contributed by atoms with E-state index in [2.05, 4.69) is 26.0 Å². The van der Waals surface area contributed by atoms with Gasteiger partial charge in [-0.1, -0.05) is 6.42 Å². The molecule has 3 aliphatic rings. The van der Waals surface area contributed by atoms with E-state index in [1.807, 2.05) is 0 Å². The minimum Gasteiger partial charge on any atom is -0.356 e. The summed E-state index contributed by atoms with van der Waals surface area (Å²) in [6.07, 6.45) is 8.67. The summed E-state index contributed by atoms with van der Waals surface area (Å²) in [6, 6.07) is 3.95. The number of hydrogen-bond donors (Lipinski definition) is 0. The van der Waals surface area contributed by atoms with Gasteiger partial charge in [-0.25, -0.2) is 14.6 Å². The Labute approximate surface area is 146 Å². The van der Waals surface area contributed by atoms with Crippen molar-refractivity contribution in [2.24, 2.45) is 5.92 Å². The molecule has 2 aromatic rings. The molecular weight excluding hydrogens is 314 g/mol. The van der Waals surface area contributed by atoms with Gasteiger partial charge in [-0.2, -0.15) is 5.10 Å². The molecule has 2 aliphatic carbocycles. The number of aromatic nitrogens is 4. The van der Waals surface area contributed by atoms with Crippen LogP contribution in [0.5, 0.6) is 0 Å². The van der Waals surface area contributed by atoms with Crippen molar-refractivity contribution < 1.29 is 0 Å². The fraction of sp³-hybridized carbons (Fsp3) is 0.579. The Morgan fingerprint density at radius 1 is 1.08 bits per heavy atom. The van der Waals surface area contributed by atoms with Gasteiger partial charge in [-0.3, -0.25) is 4.79 Å². The molecule has 0 amide bonds. The Hall–Kier alpha value is -2.24. The van der Waals surface area contributed by atoms with Gasteiger partial charge in [0.15, 0.2) is 0 Å². The fourth-order valence-corrected chi connectivity index (χ4v) is 4.15. The van der Waals surface area contributed by atoms with Gasteiger partial charge in [0.25, 0.3) is 5.56 Å². The number of anilines is 1. The Balaban J connectivity index is 1.24. The molecule has 6 nitrogen and oxygen atoms in total. The molecule has 0 radical (unpaired) electrons. The second-order valence-electron chi connectivity index (χ2n) is 7.69. The molecule has 5 rings (SSSR count). The smallest absolute Gasteiger partial charge is 0.267 e. The second-order valence-corrected chi connectivity index (χ2v) is 7.69. The van der Waals surface area contributed by atoms with Gasteiger partial charge in [-0.15, -0.1) is 0 Å². The van der Waals surface area contributed by atoms with Crippen LogP contribution in [0.4, 0.5) is 5.82 Å². The summed E-state index contributed by atoms with van der Waals surface area (Å²) in [5, 5.41) is 4.59. The zero-order valence-corrected chi connectivity index (χ0v) is 14.4. The maximum Gasteiger partial charge on any atom is 0.267 e. The molecule has 0 N–H and O–H groups in total. The summed E-state index contributed by atoms with van der Waals surface area (Å²) >= 11 is 0. The van der Waals surface area contributed by atoms with Crippen LogP contribution in [0.25, 0.3) is 0 Å². The Bertz CT molecular complexity index is 851. The number of fused-ring (bicyclic) bond motifs is 1. The van der Waals surface area contributed by atoms with Crippen LogP contribution in [0, 0.1) is 5.92 Å². The molecule has 2 aromatic heterocycles. The molecule has 1 aliphatic heterocycles. The van der Waals surface area contributed by atoms with E-state index in [1.165, 1.54) is 25.0 Å². The highest BCUT2D eigenvalue weighted by molar-refractivity contribution is 5.42. The van der Waals surface area contributed by atoms with Crippen LogP contribution in [0.2, 0.25) is 0 Å². The van der Waals surface area contributed by atoms with Gasteiger partial charge in [0, 0.05) is 42.8 Å². The van der Waals surface area contributed by atoms with Gasteiger partial charge in [0.05, 0.1) is 12.2 Å². The van der Waals surface area contributed by atoms with Gasteiger partial charge in [0.1, 0.15) is 12.1 Å². The van der Waals surface area contributed by atoms with Gasteiger partial charge in [0.2, 0.25) is 0 Å². The molecule has 130 valence electrons. The number of rotatable bonds is 4. The first-order chi connectivity index (χ1) is 12.3. The molecule has 6 heteroatoms. The van der Waals surface area contributed by atoms with Crippen molar-refractivity contribution >= 4 is 5.82 Å². The molecule has 1 saturated carbocycles. The summed E-state index contributed by atoms with van der Waals surface area (Å²) in [5.74, 6) is 2.13. The first-order valence-corrected chi connectivity index (χ1v) is 9.43. The maximum atomic E-state index is 12.2. The topological polar surface area (TPSA) is 63.9 Å². The lowest BCUT2D eigenvalue weighted by Gasteiger charge is -2.40. The molecule has 0 atom stereocenters. The van der Waals surface area contributed by atoms with Crippen molar-refractivity contribution in [1.29, 1.82) is 0 Å². The first-order valence-electron chi connectivity index (χ1n) is 9.43. The zero-order chi connectivity index (χ0) is 16.8. The largest absolute Gasteiger partial charge is 0.356 e. The van der Waals surface area contributed by atoms with Crippen molar-refractivity contribution in [2.75, 3.05) is 18.0 Å². The lowest BCUT2D eigenvalue weighted by atomic mass is 9.83. The third-order valence-electron chi connectivity index (χ3n) is 5.93. The van der Waals surface area contributed by atoms with Crippen molar-refractivity contribution in [2.45, 2.75) is 51.0 Å². The van der Waals surface area contributed by atoms with E-state index in [1.54, 1.807) is 17.1 Å². The highest BCUT2D eigenvalue weighted by Crippen LogP contribution is 2.36. The first kappa shape index (κ1) is 15.0. The van der Waals surface area contributed by atoms with Crippen LogP contribution in [-0.2, 0) is 19.4 Å². The summed E-state index contributed by atoms with van der Waals surface area (Å²) in [6.45, 7) is 2.59. The SMILES string of the molecule is O=c1cc2c(nn1CC1CN(c3cc(C4CCC4)ncn3)C1)CCC2. The minimum atomic E-state index is 0.0494. The van der Waals surface area contributed by atoms with Crippen LogP contribution in [0.3, 0.4) is 0 Å². The van der Waals surface area contributed by atoms with Crippen molar-refractivity contribution in [3.05, 3.63) is 45.8 Å². The standard InChI is InChI=1S/C19H23N5O/c25-19-7-15-5-2-6-16(15)22-24(19)11-13-9-23(10-13)18-8-17(20-12-21-18)14-3-1-4-14/h7-8,12-14H,1-6,9-11H2. The monoisotopic (exact) mass is 337 g/mol. The van der Waals surface area contributed by atoms with Crippen LogP contribution >= 0.6 is 0 Å². The summed E-state index contributed by atoms with van der Waals surface area (Å²) in [4.78, 5) is 23.4. The molecule has 1 saturated heterocycles. The minimum absolute atomic E-state index is 0.0494. The van der Waals surface area contributed by atoms with Crippen LogP contribution in [0.1, 0.15) is 48.6 Å². The van der Waals surface area contributed by atoms with E-state index < -0.39 is 0 Å². The van der Waals surface area contributed by atoms with E-state index in [-0.39, 0.29) is 5.56 Å². The van der Waals surface area contributed by atoms with Gasteiger partial charge < -0.3 is 4.90 Å².